The molecule has 0 amide bonds. The molecule has 2 N–H and O–H groups in total. The van der Waals surface area contributed by atoms with Gasteiger partial charge >= 0.3 is 0 Å². The lowest BCUT2D eigenvalue weighted by Gasteiger charge is -2.06. The number of aliphatic hydroxyl groups excluding tert-OH is 1. The number of hydrogen-bond acceptors (Lipinski definition) is 5. The first-order chi connectivity index (χ1) is 9.01. The van der Waals surface area contributed by atoms with Gasteiger partial charge in [-0.1, -0.05) is 13.3 Å². The Morgan fingerprint density at radius 1 is 1.42 bits per heavy atom. The number of aliphatic hydroxyl groups is 1. The predicted molar refractivity (Wildman–Crippen MR) is 70.3 cm³/mol. The topological polar surface area (TPSA) is 88.8 Å². The van der Waals surface area contributed by atoms with E-state index in [1.54, 1.807) is 6.92 Å². The maximum Gasteiger partial charge on any atom is 0.244 e. The maximum absolute atomic E-state index is 12.0. The summed E-state index contributed by atoms with van der Waals surface area (Å²) in [6.45, 7) is 4.47. The monoisotopic (exact) mass is 291 g/mol. The highest BCUT2D eigenvalue weighted by Gasteiger charge is 2.20. The first kappa shape index (κ1) is 16.2. The lowest BCUT2D eigenvalue weighted by molar-refractivity contribution is 0.136. The van der Waals surface area contributed by atoms with Crippen molar-refractivity contribution in [1.82, 2.24) is 4.72 Å². The SMILES string of the molecule is CCCCOCCNS(=O)(=O)c1cc(CO)oc1C. The van der Waals surface area contributed by atoms with Crippen molar-refractivity contribution in [2.45, 2.75) is 38.2 Å². The van der Waals surface area contributed by atoms with E-state index in [9.17, 15) is 8.42 Å². The minimum absolute atomic E-state index is 0.0603. The molecule has 0 radical (unpaired) electrons. The quantitative estimate of drug-likeness (QED) is 0.667. The molecule has 0 aromatic carbocycles. The molecule has 1 aromatic rings. The Bertz CT molecular complexity index is 480. The molecule has 0 bridgehead atoms. The van der Waals surface area contributed by atoms with Crippen molar-refractivity contribution in [3.05, 3.63) is 17.6 Å². The van der Waals surface area contributed by atoms with Gasteiger partial charge in [0.2, 0.25) is 10.0 Å². The van der Waals surface area contributed by atoms with Gasteiger partial charge in [-0.05, 0) is 13.3 Å². The van der Waals surface area contributed by atoms with Crippen LogP contribution < -0.4 is 4.72 Å². The Morgan fingerprint density at radius 3 is 2.74 bits per heavy atom. The molecule has 1 heterocycles. The third kappa shape index (κ3) is 4.94. The van der Waals surface area contributed by atoms with Crippen LogP contribution in [0.1, 0.15) is 31.3 Å². The Kier molecular flexibility index (Phi) is 6.50. The second-order valence-electron chi connectivity index (χ2n) is 4.15. The molecular formula is C12H21NO5S. The highest BCUT2D eigenvalue weighted by Crippen LogP contribution is 2.19. The third-order valence-corrected chi connectivity index (χ3v) is 4.12. The molecule has 1 aromatic heterocycles. The Hall–Kier alpha value is -0.890. The molecule has 0 saturated carbocycles. The Morgan fingerprint density at radius 2 is 2.16 bits per heavy atom. The molecule has 19 heavy (non-hydrogen) atoms. The van der Waals surface area contributed by atoms with Gasteiger partial charge < -0.3 is 14.3 Å². The second kappa shape index (κ2) is 7.64. The number of rotatable bonds is 9. The van der Waals surface area contributed by atoms with Gasteiger partial charge in [0.25, 0.3) is 0 Å². The molecule has 0 saturated heterocycles. The first-order valence-electron chi connectivity index (χ1n) is 6.28. The van der Waals surface area contributed by atoms with E-state index < -0.39 is 10.0 Å². The van der Waals surface area contributed by atoms with Crippen LogP contribution >= 0.6 is 0 Å². The summed E-state index contributed by atoms with van der Waals surface area (Å²) in [7, 11) is -3.61. The molecule has 110 valence electrons. The van der Waals surface area contributed by atoms with Crippen LogP contribution in [-0.2, 0) is 21.4 Å². The van der Waals surface area contributed by atoms with Crippen LogP contribution in [0.15, 0.2) is 15.4 Å². The van der Waals surface area contributed by atoms with Crippen molar-refractivity contribution < 1.29 is 22.7 Å². The molecule has 0 aliphatic carbocycles. The van der Waals surface area contributed by atoms with Crippen molar-refractivity contribution in [3.63, 3.8) is 0 Å². The highest BCUT2D eigenvalue weighted by molar-refractivity contribution is 7.89. The lowest BCUT2D eigenvalue weighted by atomic mass is 10.4. The smallest absolute Gasteiger partial charge is 0.244 e. The summed E-state index contributed by atoms with van der Waals surface area (Å²) in [5.74, 6) is 0.500. The van der Waals surface area contributed by atoms with Crippen LogP contribution in [0, 0.1) is 6.92 Å². The molecule has 7 heteroatoms. The minimum Gasteiger partial charge on any atom is -0.462 e. The average molecular weight is 291 g/mol. The molecule has 6 nitrogen and oxygen atoms in total. The van der Waals surface area contributed by atoms with Gasteiger partial charge in [0.1, 0.15) is 23.0 Å². The van der Waals surface area contributed by atoms with Crippen LogP contribution in [0.5, 0.6) is 0 Å². The molecule has 0 fully saturated rings. The number of hydrogen-bond donors (Lipinski definition) is 2. The van der Waals surface area contributed by atoms with Gasteiger partial charge in [0.05, 0.1) is 6.61 Å². The summed E-state index contributed by atoms with van der Waals surface area (Å²) < 4.78 is 36.7. The van der Waals surface area contributed by atoms with Gasteiger partial charge in [-0.3, -0.25) is 0 Å². The fourth-order valence-corrected chi connectivity index (χ4v) is 2.76. The zero-order chi connectivity index (χ0) is 14.3. The molecule has 0 unspecified atom stereocenters. The van der Waals surface area contributed by atoms with Crippen LogP contribution in [0.3, 0.4) is 0 Å². The fourth-order valence-electron chi connectivity index (χ4n) is 1.54. The van der Waals surface area contributed by atoms with Crippen LogP contribution in [-0.4, -0.2) is 33.3 Å². The van der Waals surface area contributed by atoms with E-state index in [0.717, 1.165) is 12.8 Å². The van der Waals surface area contributed by atoms with E-state index in [1.807, 2.05) is 0 Å². The van der Waals surface area contributed by atoms with Gasteiger partial charge in [0, 0.05) is 19.2 Å². The summed E-state index contributed by atoms with van der Waals surface area (Å²) in [6, 6.07) is 1.33. The van der Waals surface area contributed by atoms with E-state index in [4.69, 9.17) is 14.3 Å². The zero-order valence-corrected chi connectivity index (χ0v) is 12.1. The van der Waals surface area contributed by atoms with E-state index in [-0.39, 0.29) is 29.6 Å². The Balaban J connectivity index is 2.49. The van der Waals surface area contributed by atoms with Crippen molar-refractivity contribution in [2.24, 2.45) is 0 Å². The highest BCUT2D eigenvalue weighted by atomic mass is 32.2. The molecule has 0 aliphatic heterocycles. The van der Waals surface area contributed by atoms with Crippen molar-refractivity contribution in [3.8, 4) is 0 Å². The van der Waals surface area contributed by atoms with Crippen molar-refractivity contribution in [1.29, 1.82) is 0 Å². The van der Waals surface area contributed by atoms with E-state index >= 15 is 0 Å². The largest absolute Gasteiger partial charge is 0.462 e. The maximum atomic E-state index is 12.0. The summed E-state index contributed by atoms with van der Waals surface area (Å²) in [6.07, 6.45) is 2.01. The summed E-state index contributed by atoms with van der Waals surface area (Å²) in [5.41, 5.74) is 0. The normalized spacial score (nSPS) is 11.9. The van der Waals surface area contributed by atoms with Crippen LogP contribution in [0.4, 0.5) is 0 Å². The average Bonchev–Trinajstić information content (AvgIpc) is 2.76. The lowest BCUT2D eigenvalue weighted by Crippen LogP contribution is -2.27. The summed E-state index contributed by atoms with van der Waals surface area (Å²) in [5, 5.41) is 8.91. The summed E-state index contributed by atoms with van der Waals surface area (Å²) in [4.78, 5) is 0.0603. The number of furan rings is 1. The number of nitrogens with one attached hydrogen (secondary N) is 1. The number of unbranched alkanes of at least 4 members (excludes halogenated alkanes) is 1. The fraction of sp³-hybridized carbons (Fsp3) is 0.667. The third-order valence-electron chi connectivity index (χ3n) is 2.55. The van der Waals surface area contributed by atoms with E-state index in [1.165, 1.54) is 6.07 Å². The van der Waals surface area contributed by atoms with Gasteiger partial charge in [-0.15, -0.1) is 0 Å². The molecule has 0 atom stereocenters. The van der Waals surface area contributed by atoms with Crippen molar-refractivity contribution in [2.75, 3.05) is 19.8 Å². The minimum atomic E-state index is -3.61. The van der Waals surface area contributed by atoms with E-state index in [0.29, 0.717) is 13.2 Å². The summed E-state index contributed by atoms with van der Waals surface area (Å²) >= 11 is 0. The van der Waals surface area contributed by atoms with E-state index in [2.05, 4.69) is 11.6 Å². The molecule has 0 spiro atoms. The Labute approximate surface area is 113 Å². The number of aryl methyl sites for hydroxylation is 1. The molecular weight excluding hydrogens is 270 g/mol. The second-order valence-corrected chi connectivity index (χ2v) is 5.89. The molecule has 0 aliphatic rings. The van der Waals surface area contributed by atoms with Crippen LogP contribution in [0.25, 0.3) is 0 Å². The van der Waals surface area contributed by atoms with Gasteiger partial charge in [0.15, 0.2) is 0 Å². The van der Waals surface area contributed by atoms with Crippen LogP contribution in [0.2, 0.25) is 0 Å². The van der Waals surface area contributed by atoms with Gasteiger partial charge in [-0.2, -0.15) is 0 Å². The van der Waals surface area contributed by atoms with Crippen molar-refractivity contribution >= 4 is 10.0 Å². The van der Waals surface area contributed by atoms with Gasteiger partial charge in [-0.25, -0.2) is 13.1 Å². The number of ether oxygens (including phenoxy) is 1. The predicted octanol–water partition coefficient (Wildman–Crippen LogP) is 1.18. The first-order valence-corrected chi connectivity index (χ1v) is 7.77. The molecule has 1 rings (SSSR count). The zero-order valence-electron chi connectivity index (χ0n) is 11.3. The number of sulfonamides is 1. The standard InChI is InChI=1S/C12H21NO5S/c1-3-4-6-17-7-5-13-19(15,16)12-8-11(9-14)18-10(12)2/h8,13-14H,3-7,9H2,1-2H3.